The molecule has 0 radical (unpaired) electrons. The maximum Gasteiger partial charge on any atom is 0.162 e. The zero-order chi connectivity index (χ0) is 14.7. The molecule has 1 N–H and O–H groups in total. The first-order valence-electron chi connectivity index (χ1n) is 7.36. The van der Waals surface area contributed by atoms with Crippen molar-refractivity contribution >= 4 is 5.69 Å². The van der Waals surface area contributed by atoms with Crippen molar-refractivity contribution in [2.75, 3.05) is 31.1 Å². The van der Waals surface area contributed by atoms with E-state index in [-0.39, 0.29) is 5.82 Å². The van der Waals surface area contributed by atoms with Crippen molar-refractivity contribution in [3.63, 3.8) is 0 Å². The van der Waals surface area contributed by atoms with Gasteiger partial charge in [-0.1, -0.05) is 19.1 Å². The van der Waals surface area contributed by atoms with Crippen LogP contribution in [0.5, 0.6) is 0 Å². The zero-order valence-electron chi connectivity index (χ0n) is 12.1. The lowest BCUT2D eigenvalue weighted by Crippen LogP contribution is -2.44. The molecule has 5 heteroatoms. The van der Waals surface area contributed by atoms with E-state index in [1.54, 1.807) is 18.2 Å². The molecular formula is C16H19FN4. The number of aromatic nitrogens is 2. The standard InChI is InChI=1S/C16H19FN4/c1-2-14-15(21-9-7-18-8-10-21)11-19-16(20-14)12-5-3-4-6-13(12)17/h3-6,11,18H,2,7-10H2,1H3. The zero-order valence-corrected chi connectivity index (χ0v) is 12.1. The Morgan fingerprint density at radius 2 is 2.00 bits per heavy atom. The van der Waals surface area contributed by atoms with Crippen molar-refractivity contribution in [3.05, 3.63) is 42.0 Å². The molecule has 0 unspecified atom stereocenters. The molecule has 1 aliphatic rings. The highest BCUT2D eigenvalue weighted by Crippen LogP contribution is 2.24. The second-order valence-electron chi connectivity index (χ2n) is 5.10. The first kappa shape index (κ1) is 13.9. The number of rotatable bonds is 3. The van der Waals surface area contributed by atoms with Gasteiger partial charge in [0.25, 0.3) is 0 Å². The minimum absolute atomic E-state index is 0.283. The first-order chi connectivity index (χ1) is 10.3. The van der Waals surface area contributed by atoms with E-state index < -0.39 is 0 Å². The van der Waals surface area contributed by atoms with Crippen LogP contribution in [0.3, 0.4) is 0 Å². The van der Waals surface area contributed by atoms with E-state index in [1.807, 2.05) is 6.20 Å². The summed E-state index contributed by atoms with van der Waals surface area (Å²) in [6.07, 6.45) is 2.64. The van der Waals surface area contributed by atoms with Gasteiger partial charge in [0.15, 0.2) is 5.82 Å². The summed E-state index contributed by atoms with van der Waals surface area (Å²) in [7, 11) is 0. The molecule has 1 aliphatic heterocycles. The van der Waals surface area contributed by atoms with Crippen molar-refractivity contribution in [2.45, 2.75) is 13.3 Å². The van der Waals surface area contributed by atoms with Crippen LogP contribution >= 0.6 is 0 Å². The minimum Gasteiger partial charge on any atom is -0.366 e. The van der Waals surface area contributed by atoms with Crippen LogP contribution in [-0.2, 0) is 6.42 Å². The Kier molecular flexibility index (Phi) is 4.10. The van der Waals surface area contributed by atoms with Gasteiger partial charge < -0.3 is 10.2 Å². The normalized spacial score (nSPS) is 15.2. The molecule has 1 fully saturated rings. The number of hydrogen-bond acceptors (Lipinski definition) is 4. The molecule has 0 spiro atoms. The Bertz CT molecular complexity index is 623. The summed E-state index contributed by atoms with van der Waals surface area (Å²) < 4.78 is 13.9. The average Bonchev–Trinajstić information content (AvgIpc) is 2.55. The van der Waals surface area contributed by atoms with Crippen LogP contribution in [0.4, 0.5) is 10.1 Å². The second-order valence-corrected chi connectivity index (χ2v) is 5.10. The molecule has 0 saturated carbocycles. The minimum atomic E-state index is -0.283. The Labute approximate surface area is 124 Å². The lowest BCUT2D eigenvalue weighted by atomic mass is 10.1. The van der Waals surface area contributed by atoms with Gasteiger partial charge >= 0.3 is 0 Å². The molecular weight excluding hydrogens is 267 g/mol. The van der Waals surface area contributed by atoms with E-state index in [9.17, 15) is 4.39 Å². The van der Waals surface area contributed by atoms with Crippen molar-refractivity contribution in [1.82, 2.24) is 15.3 Å². The van der Waals surface area contributed by atoms with Gasteiger partial charge in [-0.05, 0) is 18.6 Å². The number of piperazine rings is 1. The number of benzene rings is 1. The number of nitrogens with one attached hydrogen (secondary N) is 1. The van der Waals surface area contributed by atoms with Crippen LogP contribution in [0, 0.1) is 5.82 Å². The predicted molar refractivity (Wildman–Crippen MR) is 81.9 cm³/mol. The van der Waals surface area contributed by atoms with E-state index in [1.165, 1.54) is 6.07 Å². The highest BCUT2D eigenvalue weighted by Gasteiger charge is 2.17. The maximum absolute atomic E-state index is 13.9. The van der Waals surface area contributed by atoms with Crippen molar-refractivity contribution < 1.29 is 4.39 Å². The van der Waals surface area contributed by atoms with Crippen LogP contribution in [0.25, 0.3) is 11.4 Å². The van der Waals surface area contributed by atoms with E-state index in [4.69, 9.17) is 0 Å². The van der Waals surface area contributed by atoms with E-state index in [0.29, 0.717) is 11.4 Å². The highest BCUT2D eigenvalue weighted by atomic mass is 19.1. The number of hydrogen-bond donors (Lipinski definition) is 1. The lowest BCUT2D eigenvalue weighted by Gasteiger charge is -2.30. The lowest BCUT2D eigenvalue weighted by molar-refractivity contribution is 0.586. The Balaban J connectivity index is 1.97. The second kappa shape index (κ2) is 6.18. The SMILES string of the molecule is CCc1nc(-c2ccccc2F)ncc1N1CCNCC1. The van der Waals surface area contributed by atoms with Crippen LogP contribution in [0.2, 0.25) is 0 Å². The molecule has 21 heavy (non-hydrogen) atoms. The summed E-state index contributed by atoms with van der Waals surface area (Å²) >= 11 is 0. The average molecular weight is 286 g/mol. The molecule has 0 atom stereocenters. The van der Waals surface area contributed by atoms with Gasteiger partial charge in [-0.3, -0.25) is 0 Å². The fourth-order valence-electron chi connectivity index (χ4n) is 2.61. The molecule has 2 heterocycles. The van der Waals surface area contributed by atoms with Gasteiger partial charge in [-0.2, -0.15) is 0 Å². The fraction of sp³-hybridized carbons (Fsp3) is 0.375. The molecule has 1 aromatic heterocycles. The fourth-order valence-corrected chi connectivity index (χ4v) is 2.61. The monoisotopic (exact) mass is 286 g/mol. The van der Waals surface area contributed by atoms with E-state index >= 15 is 0 Å². The van der Waals surface area contributed by atoms with Gasteiger partial charge in [0.2, 0.25) is 0 Å². The van der Waals surface area contributed by atoms with Crippen LogP contribution in [0.1, 0.15) is 12.6 Å². The number of halogens is 1. The van der Waals surface area contributed by atoms with Gasteiger partial charge in [0.05, 0.1) is 23.1 Å². The van der Waals surface area contributed by atoms with Crippen molar-refractivity contribution in [3.8, 4) is 11.4 Å². The van der Waals surface area contributed by atoms with Gasteiger partial charge in [0.1, 0.15) is 5.82 Å². The summed E-state index contributed by atoms with van der Waals surface area (Å²) in [6, 6.07) is 6.63. The molecule has 0 bridgehead atoms. The third-order valence-electron chi connectivity index (χ3n) is 3.75. The third kappa shape index (κ3) is 2.88. The predicted octanol–water partition coefficient (Wildman–Crippen LogP) is 2.25. The molecule has 0 amide bonds. The third-order valence-corrected chi connectivity index (χ3v) is 3.75. The topological polar surface area (TPSA) is 41.1 Å². The Morgan fingerprint density at radius 3 is 2.71 bits per heavy atom. The molecule has 3 rings (SSSR count). The van der Waals surface area contributed by atoms with Gasteiger partial charge in [-0.15, -0.1) is 0 Å². The summed E-state index contributed by atoms with van der Waals surface area (Å²) in [6.45, 7) is 5.92. The summed E-state index contributed by atoms with van der Waals surface area (Å²) in [5.41, 5.74) is 2.50. The van der Waals surface area contributed by atoms with E-state index in [2.05, 4.69) is 27.1 Å². The van der Waals surface area contributed by atoms with Crippen LogP contribution in [0.15, 0.2) is 30.5 Å². The molecule has 1 aromatic carbocycles. The quantitative estimate of drug-likeness (QED) is 0.939. The molecule has 0 aliphatic carbocycles. The van der Waals surface area contributed by atoms with Crippen molar-refractivity contribution in [1.29, 1.82) is 0 Å². The van der Waals surface area contributed by atoms with E-state index in [0.717, 1.165) is 44.0 Å². The van der Waals surface area contributed by atoms with Crippen molar-refractivity contribution in [2.24, 2.45) is 0 Å². The Hall–Kier alpha value is -2.01. The van der Waals surface area contributed by atoms with Crippen LogP contribution < -0.4 is 10.2 Å². The first-order valence-corrected chi connectivity index (χ1v) is 7.36. The molecule has 4 nitrogen and oxygen atoms in total. The molecule has 110 valence electrons. The largest absolute Gasteiger partial charge is 0.366 e. The molecule has 2 aromatic rings. The van der Waals surface area contributed by atoms with Gasteiger partial charge in [0, 0.05) is 26.2 Å². The maximum atomic E-state index is 13.9. The summed E-state index contributed by atoms with van der Waals surface area (Å²) in [5.74, 6) is 0.179. The summed E-state index contributed by atoms with van der Waals surface area (Å²) in [4.78, 5) is 11.3. The highest BCUT2D eigenvalue weighted by molar-refractivity contribution is 5.59. The summed E-state index contributed by atoms with van der Waals surface area (Å²) in [5, 5.41) is 3.33. The van der Waals surface area contributed by atoms with Crippen LogP contribution in [-0.4, -0.2) is 36.1 Å². The smallest absolute Gasteiger partial charge is 0.162 e. The number of nitrogens with zero attached hydrogens (tertiary/aromatic N) is 3. The number of aryl methyl sites for hydroxylation is 1. The molecule has 1 saturated heterocycles. The Morgan fingerprint density at radius 1 is 1.24 bits per heavy atom. The number of anilines is 1. The van der Waals surface area contributed by atoms with Gasteiger partial charge in [-0.25, -0.2) is 14.4 Å².